The lowest BCUT2D eigenvalue weighted by Gasteiger charge is -2.25. The van der Waals surface area contributed by atoms with E-state index in [9.17, 15) is 14.4 Å². The van der Waals surface area contributed by atoms with Crippen LogP contribution in [0.3, 0.4) is 0 Å². The van der Waals surface area contributed by atoms with Crippen LogP contribution in [0.4, 0.5) is 14.6 Å². The van der Waals surface area contributed by atoms with Crippen molar-refractivity contribution < 1.29 is 18.3 Å². The van der Waals surface area contributed by atoms with Crippen LogP contribution < -0.4 is 16.2 Å². The summed E-state index contributed by atoms with van der Waals surface area (Å²) in [5.74, 6) is -0.997. The molecule has 1 atom stereocenters. The highest BCUT2D eigenvalue weighted by atomic mass is 19.1. The molecule has 0 saturated carbocycles. The van der Waals surface area contributed by atoms with Crippen molar-refractivity contribution in [2.75, 3.05) is 12.3 Å². The zero-order valence-electron chi connectivity index (χ0n) is 22.5. The maximum Gasteiger partial charge on any atom is 0.264 e. The van der Waals surface area contributed by atoms with Gasteiger partial charge in [-0.05, 0) is 57.0 Å². The standard InChI is InChI=1S/C29H28F2N8O2/c1-29(2,34)13-17(14-32)28(40)38-10-4-6-19(38)15-39-27-24(26(33)35-16-36-27)25(37-39)22-9-8-21(12-23(22)31)41-20-7-3-5-18(30)11-20/h3,5,7-9,11-13,16,19H,4,6,10,15,34H2,1-2H3,(H2,33,35,36)/b17-13+/t19-/m0/s1. The van der Waals surface area contributed by atoms with Crippen LogP contribution >= 0.6 is 0 Å². The summed E-state index contributed by atoms with van der Waals surface area (Å²) in [7, 11) is 0. The molecule has 4 aromatic rings. The van der Waals surface area contributed by atoms with Gasteiger partial charge in [0.1, 0.15) is 52.6 Å². The summed E-state index contributed by atoms with van der Waals surface area (Å²) in [6.45, 7) is 4.13. The summed E-state index contributed by atoms with van der Waals surface area (Å²) < 4.78 is 36.1. The van der Waals surface area contributed by atoms with Crippen molar-refractivity contribution in [1.82, 2.24) is 24.6 Å². The Balaban J connectivity index is 1.47. The molecule has 0 unspecified atom stereocenters. The van der Waals surface area contributed by atoms with Gasteiger partial charge in [-0.2, -0.15) is 10.4 Å². The lowest BCUT2D eigenvalue weighted by Crippen LogP contribution is -2.40. The predicted octanol–water partition coefficient (Wildman–Crippen LogP) is 4.32. The summed E-state index contributed by atoms with van der Waals surface area (Å²) >= 11 is 0. The highest BCUT2D eigenvalue weighted by molar-refractivity contribution is 5.99. The van der Waals surface area contributed by atoms with E-state index in [2.05, 4.69) is 15.1 Å². The number of amides is 1. The molecule has 0 bridgehead atoms. The van der Waals surface area contributed by atoms with Crippen LogP contribution in [0.5, 0.6) is 11.5 Å². The summed E-state index contributed by atoms with van der Waals surface area (Å²) in [6, 6.07) is 11.4. The largest absolute Gasteiger partial charge is 0.457 e. The van der Waals surface area contributed by atoms with Crippen LogP contribution in [-0.4, -0.2) is 48.7 Å². The number of nitrogens with zero attached hydrogens (tertiary/aromatic N) is 6. The lowest BCUT2D eigenvalue weighted by atomic mass is 10.0. The number of carbonyl (C=O) groups is 1. The molecule has 10 nitrogen and oxygen atoms in total. The van der Waals surface area contributed by atoms with Gasteiger partial charge >= 0.3 is 0 Å². The first-order valence-electron chi connectivity index (χ1n) is 13.0. The van der Waals surface area contributed by atoms with Crippen LogP contribution in [0.2, 0.25) is 0 Å². The minimum atomic E-state index is -0.834. The van der Waals surface area contributed by atoms with Crippen molar-refractivity contribution in [1.29, 1.82) is 5.26 Å². The molecule has 5 rings (SSSR count). The SMILES string of the molecule is CC(C)(N)/C=C(\C#N)C(=O)N1CCC[C@H]1Cn1nc(-c2ccc(Oc3cccc(F)c3)cc2F)c2c(N)ncnc21. The van der Waals surface area contributed by atoms with Crippen molar-refractivity contribution in [2.45, 2.75) is 44.8 Å². The Bertz CT molecular complexity index is 1700. The number of nitrogen functional groups attached to an aromatic ring is 1. The summed E-state index contributed by atoms with van der Waals surface area (Å²) in [4.78, 5) is 23.3. The number of rotatable bonds is 7. The number of hydrogen-bond acceptors (Lipinski definition) is 8. The van der Waals surface area contributed by atoms with E-state index in [-0.39, 0.29) is 46.7 Å². The molecule has 0 spiro atoms. The molecule has 1 fully saturated rings. The Kier molecular flexibility index (Phi) is 7.38. The zero-order chi connectivity index (χ0) is 29.3. The fraction of sp³-hybridized carbons (Fsp3) is 0.276. The highest BCUT2D eigenvalue weighted by Crippen LogP contribution is 2.35. The van der Waals surface area contributed by atoms with Crippen LogP contribution in [-0.2, 0) is 11.3 Å². The smallest absolute Gasteiger partial charge is 0.264 e. The van der Waals surface area contributed by atoms with Crippen molar-refractivity contribution in [3.8, 4) is 28.8 Å². The van der Waals surface area contributed by atoms with Crippen molar-refractivity contribution in [2.24, 2.45) is 5.73 Å². The summed E-state index contributed by atoms with van der Waals surface area (Å²) in [6.07, 6.45) is 4.17. The molecule has 4 N–H and O–H groups in total. The van der Waals surface area contributed by atoms with Crippen molar-refractivity contribution >= 4 is 22.8 Å². The maximum atomic E-state index is 15.4. The number of carbonyl (C=O) groups excluding carboxylic acids is 1. The van der Waals surface area contributed by atoms with Gasteiger partial charge in [0.2, 0.25) is 0 Å². The third-order valence-electron chi connectivity index (χ3n) is 6.67. The van der Waals surface area contributed by atoms with E-state index in [1.807, 2.05) is 6.07 Å². The van der Waals surface area contributed by atoms with Crippen molar-refractivity contribution in [3.63, 3.8) is 0 Å². The Morgan fingerprint density at radius 3 is 2.71 bits per heavy atom. The van der Waals surface area contributed by atoms with E-state index < -0.39 is 23.1 Å². The van der Waals surface area contributed by atoms with Gasteiger partial charge in [0, 0.05) is 29.8 Å². The zero-order valence-corrected chi connectivity index (χ0v) is 22.5. The van der Waals surface area contributed by atoms with Crippen LogP contribution in [0.1, 0.15) is 26.7 Å². The average Bonchev–Trinajstić information content (AvgIpc) is 3.52. The number of fused-ring (bicyclic) bond motifs is 1. The molecule has 1 amide bonds. The van der Waals surface area contributed by atoms with E-state index in [4.69, 9.17) is 16.2 Å². The van der Waals surface area contributed by atoms with Gasteiger partial charge in [0.25, 0.3) is 5.91 Å². The Morgan fingerprint density at radius 2 is 2.00 bits per heavy atom. The topological polar surface area (TPSA) is 149 Å². The molecule has 1 saturated heterocycles. The second-order valence-corrected chi connectivity index (χ2v) is 10.5. The minimum Gasteiger partial charge on any atom is -0.457 e. The number of likely N-dealkylation sites (tertiary alicyclic amines) is 1. The minimum absolute atomic E-state index is 0.0235. The molecular formula is C29H28F2N8O2. The summed E-state index contributed by atoms with van der Waals surface area (Å²) in [5.41, 5.74) is 12.1. The summed E-state index contributed by atoms with van der Waals surface area (Å²) in [5, 5.41) is 14.6. The van der Waals surface area contributed by atoms with Gasteiger partial charge in [0.15, 0.2) is 5.65 Å². The van der Waals surface area contributed by atoms with E-state index in [1.54, 1.807) is 35.6 Å². The second kappa shape index (κ2) is 10.9. The fourth-order valence-corrected chi connectivity index (χ4v) is 4.93. The molecule has 2 aromatic carbocycles. The van der Waals surface area contributed by atoms with Crippen molar-refractivity contribution in [3.05, 3.63) is 72.1 Å². The second-order valence-electron chi connectivity index (χ2n) is 10.5. The molecule has 1 aliphatic rings. The molecule has 3 heterocycles. The number of halogens is 2. The Hall–Kier alpha value is -4.89. The number of hydrogen-bond donors (Lipinski definition) is 2. The third-order valence-corrected chi connectivity index (χ3v) is 6.67. The quantitative estimate of drug-likeness (QED) is 0.252. The number of benzene rings is 2. The fourth-order valence-electron chi connectivity index (χ4n) is 4.93. The van der Waals surface area contributed by atoms with E-state index >= 15 is 4.39 Å². The third kappa shape index (κ3) is 5.85. The number of nitriles is 1. The number of ether oxygens (including phenoxy) is 1. The molecular weight excluding hydrogens is 530 g/mol. The maximum absolute atomic E-state index is 15.4. The monoisotopic (exact) mass is 558 g/mol. The lowest BCUT2D eigenvalue weighted by molar-refractivity contribution is -0.127. The highest BCUT2D eigenvalue weighted by Gasteiger charge is 2.33. The first-order valence-corrected chi connectivity index (χ1v) is 13.0. The number of anilines is 1. The first-order chi connectivity index (χ1) is 19.5. The molecule has 1 aliphatic heterocycles. The van der Waals surface area contributed by atoms with Gasteiger partial charge in [0.05, 0.1) is 18.0 Å². The molecule has 41 heavy (non-hydrogen) atoms. The van der Waals surface area contributed by atoms with Gasteiger partial charge in [-0.1, -0.05) is 6.07 Å². The molecule has 210 valence electrons. The van der Waals surface area contributed by atoms with Gasteiger partial charge in [-0.25, -0.2) is 23.4 Å². The Labute approximate surface area is 234 Å². The van der Waals surface area contributed by atoms with E-state index in [1.165, 1.54) is 42.7 Å². The Morgan fingerprint density at radius 1 is 1.22 bits per heavy atom. The molecule has 0 radical (unpaired) electrons. The number of nitrogens with two attached hydrogens (primary N) is 2. The van der Waals surface area contributed by atoms with E-state index in [0.29, 0.717) is 24.0 Å². The normalized spacial score (nSPS) is 15.8. The van der Waals surface area contributed by atoms with Gasteiger partial charge < -0.3 is 21.1 Å². The van der Waals surface area contributed by atoms with Crippen LogP contribution in [0.15, 0.2) is 60.4 Å². The predicted molar refractivity (Wildman–Crippen MR) is 148 cm³/mol. The average molecular weight is 559 g/mol. The van der Waals surface area contributed by atoms with Crippen LogP contribution in [0, 0.1) is 23.0 Å². The molecule has 2 aromatic heterocycles. The van der Waals surface area contributed by atoms with E-state index in [0.717, 1.165) is 6.42 Å². The van der Waals surface area contributed by atoms with Gasteiger partial charge in [-0.3, -0.25) is 4.79 Å². The molecule has 0 aliphatic carbocycles. The molecule has 12 heteroatoms. The van der Waals surface area contributed by atoms with Crippen LogP contribution in [0.25, 0.3) is 22.3 Å². The number of aromatic nitrogens is 4. The first kappa shape index (κ1) is 27.7. The van der Waals surface area contributed by atoms with Gasteiger partial charge in [-0.15, -0.1) is 0 Å².